The van der Waals surface area contributed by atoms with E-state index in [0.717, 1.165) is 19.3 Å². The molecule has 1 N–H and O–H groups in total. The van der Waals surface area contributed by atoms with Gasteiger partial charge in [0.1, 0.15) is 16.9 Å². The monoisotopic (exact) mass is 209 g/mol. The van der Waals surface area contributed by atoms with E-state index in [4.69, 9.17) is 4.52 Å². The smallest absolute Gasteiger partial charge is 0.315 e. The lowest BCUT2D eigenvalue weighted by Crippen LogP contribution is -2.38. The molecule has 1 heterocycles. The molecule has 0 aliphatic heterocycles. The van der Waals surface area contributed by atoms with Gasteiger partial charge < -0.3 is 9.63 Å². The van der Waals surface area contributed by atoms with E-state index in [1.807, 2.05) is 0 Å². The summed E-state index contributed by atoms with van der Waals surface area (Å²) < 4.78 is 4.98. The SMILES string of the molecule is Cc1cc(C2(C(=O)O)CCCCC2)no1. The first kappa shape index (κ1) is 10.2. The van der Waals surface area contributed by atoms with Gasteiger partial charge in [-0.1, -0.05) is 24.4 Å². The lowest BCUT2D eigenvalue weighted by molar-refractivity contribution is -0.145. The number of carbonyl (C=O) groups is 1. The van der Waals surface area contributed by atoms with Crippen molar-refractivity contribution in [3.8, 4) is 0 Å². The van der Waals surface area contributed by atoms with Gasteiger partial charge in [-0.05, 0) is 19.8 Å². The summed E-state index contributed by atoms with van der Waals surface area (Å²) in [5.74, 6) is -0.0910. The minimum atomic E-state index is -0.796. The number of hydrogen-bond acceptors (Lipinski definition) is 3. The van der Waals surface area contributed by atoms with Crippen LogP contribution >= 0.6 is 0 Å². The molecule has 0 atom stereocenters. The molecule has 2 rings (SSSR count). The zero-order valence-electron chi connectivity index (χ0n) is 8.82. The molecule has 0 aromatic carbocycles. The molecule has 1 fully saturated rings. The number of carboxylic acids is 1. The predicted octanol–water partition coefficient (Wildman–Crippen LogP) is 2.27. The highest BCUT2D eigenvalue weighted by Gasteiger charge is 2.43. The third kappa shape index (κ3) is 1.64. The maximum Gasteiger partial charge on any atom is 0.315 e. The van der Waals surface area contributed by atoms with Crippen molar-refractivity contribution in [1.29, 1.82) is 0 Å². The molecule has 1 aromatic heterocycles. The number of carboxylic acid groups (broad SMARTS) is 1. The number of rotatable bonds is 2. The van der Waals surface area contributed by atoms with Crippen molar-refractivity contribution in [2.24, 2.45) is 0 Å². The van der Waals surface area contributed by atoms with Gasteiger partial charge in [0.15, 0.2) is 0 Å². The van der Waals surface area contributed by atoms with E-state index < -0.39 is 11.4 Å². The van der Waals surface area contributed by atoms with Crippen LogP contribution in [0.5, 0.6) is 0 Å². The first-order valence-electron chi connectivity index (χ1n) is 5.32. The number of nitrogens with zero attached hydrogens (tertiary/aromatic N) is 1. The third-order valence-corrected chi connectivity index (χ3v) is 3.23. The van der Waals surface area contributed by atoms with Crippen molar-refractivity contribution in [2.45, 2.75) is 44.4 Å². The summed E-state index contributed by atoms with van der Waals surface area (Å²) in [6.07, 6.45) is 4.38. The van der Waals surface area contributed by atoms with Crippen LogP contribution in [-0.4, -0.2) is 16.2 Å². The minimum absolute atomic E-state index is 0.590. The number of aliphatic carboxylic acids is 1. The highest BCUT2D eigenvalue weighted by molar-refractivity contribution is 5.80. The third-order valence-electron chi connectivity index (χ3n) is 3.23. The lowest BCUT2D eigenvalue weighted by atomic mass is 9.72. The average Bonchev–Trinajstić information content (AvgIpc) is 2.66. The fraction of sp³-hybridized carbons (Fsp3) is 0.636. The fourth-order valence-corrected chi connectivity index (χ4v) is 2.33. The molecule has 0 amide bonds. The number of hydrogen-bond donors (Lipinski definition) is 1. The molecule has 4 nitrogen and oxygen atoms in total. The minimum Gasteiger partial charge on any atom is -0.481 e. The Balaban J connectivity index is 2.37. The molecule has 4 heteroatoms. The second-order valence-corrected chi connectivity index (χ2v) is 4.27. The van der Waals surface area contributed by atoms with Crippen LogP contribution in [0.2, 0.25) is 0 Å². The van der Waals surface area contributed by atoms with Gasteiger partial charge in [-0.3, -0.25) is 4.79 Å². The maximum atomic E-state index is 11.4. The van der Waals surface area contributed by atoms with E-state index in [0.29, 0.717) is 24.3 Å². The summed E-state index contributed by atoms with van der Waals surface area (Å²) in [5, 5.41) is 13.2. The number of aromatic nitrogens is 1. The molecule has 0 radical (unpaired) electrons. The highest BCUT2D eigenvalue weighted by atomic mass is 16.5. The lowest BCUT2D eigenvalue weighted by Gasteiger charge is -2.30. The summed E-state index contributed by atoms with van der Waals surface area (Å²) in [6, 6.07) is 1.75. The van der Waals surface area contributed by atoms with Crippen molar-refractivity contribution >= 4 is 5.97 Å². The van der Waals surface area contributed by atoms with Crippen LogP contribution in [0.15, 0.2) is 10.6 Å². The standard InChI is InChI=1S/C11H15NO3/c1-8-7-9(12-15-8)11(10(13)14)5-3-2-4-6-11/h7H,2-6H2,1H3,(H,13,14). The van der Waals surface area contributed by atoms with Crippen LogP contribution in [0.3, 0.4) is 0 Å². The van der Waals surface area contributed by atoms with Gasteiger partial charge in [-0.15, -0.1) is 0 Å². The van der Waals surface area contributed by atoms with Gasteiger partial charge in [-0.25, -0.2) is 0 Å². The fourth-order valence-electron chi connectivity index (χ4n) is 2.33. The zero-order chi connectivity index (χ0) is 10.9. The Labute approximate surface area is 88.3 Å². The van der Waals surface area contributed by atoms with Crippen LogP contribution in [-0.2, 0) is 10.2 Å². The van der Waals surface area contributed by atoms with Gasteiger partial charge in [0.25, 0.3) is 0 Å². The summed E-state index contributed by atoms with van der Waals surface area (Å²) in [5.41, 5.74) is -0.206. The normalized spacial score (nSPS) is 20.1. The maximum absolute atomic E-state index is 11.4. The average molecular weight is 209 g/mol. The molecule has 15 heavy (non-hydrogen) atoms. The molecule has 0 saturated heterocycles. The van der Waals surface area contributed by atoms with Gasteiger partial charge >= 0.3 is 5.97 Å². The van der Waals surface area contributed by atoms with Crippen LogP contribution in [0.1, 0.15) is 43.6 Å². The van der Waals surface area contributed by atoms with E-state index in [1.54, 1.807) is 13.0 Å². The van der Waals surface area contributed by atoms with Gasteiger partial charge in [-0.2, -0.15) is 0 Å². The van der Waals surface area contributed by atoms with E-state index in [1.165, 1.54) is 0 Å². The van der Waals surface area contributed by atoms with E-state index in [9.17, 15) is 9.90 Å². The predicted molar refractivity (Wildman–Crippen MR) is 53.6 cm³/mol. The van der Waals surface area contributed by atoms with Crippen LogP contribution in [0.4, 0.5) is 0 Å². The van der Waals surface area contributed by atoms with Gasteiger partial charge in [0, 0.05) is 6.07 Å². The molecule has 1 saturated carbocycles. The molecular formula is C11H15NO3. The molecule has 1 aliphatic carbocycles. The first-order chi connectivity index (χ1) is 7.15. The molecule has 82 valence electrons. The van der Waals surface area contributed by atoms with Crippen LogP contribution < -0.4 is 0 Å². The quantitative estimate of drug-likeness (QED) is 0.811. The van der Waals surface area contributed by atoms with Gasteiger partial charge in [0.2, 0.25) is 0 Å². The first-order valence-corrected chi connectivity index (χ1v) is 5.32. The van der Waals surface area contributed by atoms with Crippen molar-refractivity contribution < 1.29 is 14.4 Å². The van der Waals surface area contributed by atoms with Crippen molar-refractivity contribution in [2.75, 3.05) is 0 Å². The largest absolute Gasteiger partial charge is 0.481 e. The zero-order valence-corrected chi connectivity index (χ0v) is 8.82. The second-order valence-electron chi connectivity index (χ2n) is 4.27. The van der Waals surface area contributed by atoms with Crippen LogP contribution in [0.25, 0.3) is 0 Å². The van der Waals surface area contributed by atoms with Gasteiger partial charge in [0.05, 0.1) is 0 Å². The Morgan fingerprint density at radius 1 is 1.47 bits per heavy atom. The summed E-state index contributed by atoms with van der Waals surface area (Å²) in [4.78, 5) is 11.4. The Morgan fingerprint density at radius 3 is 2.60 bits per heavy atom. The van der Waals surface area contributed by atoms with Crippen molar-refractivity contribution in [3.05, 3.63) is 17.5 Å². The van der Waals surface area contributed by atoms with Crippen molar-refractivity contribution in [3.63, 3.8) is 0 Å². The highest BCUT2D eigenvalue weighted by Crippen LogP contribution is 2.39. The second kappa shape index (κ2) is 3.68. The van der Waals surface area contributed by atoms with E-state index >= 15 is 0 Å². The Bertz CT molecular complexity index is 364. The Hall–Kier alpha value is -1.32. The topological polar surface area (TPSA) is 63.3 Å². The summed E-state index contributed by atoms with van der Waals surface area (Å²) in [6.45, 7) is 1.79. The van der Waals surface area contributed by atoms with E-state index in [-0.39, 0.29) is 0 Å². The molecular weight excluding hydrogens is 194 g/mol. The molecule has 0 spiro atoms. The number of aryl methyl sites for hydroxylation is 1. The summed E-state index contributed by atoms with van der Waals surface area (Å²) in [7, 11) is 0. The van der Waals surface area contributed by atoms with Crippen molar-refractivity contribution in [1.82, 2.24) is 5.16 Å². The van der Waals surface area contributed by atoms with E-state index in [2.05, 4.69) is 5.16 Å². The van der Waals surface area contributed by atoms with Crippen LogP contribution in [0, 0.1) is 6.92 Å². The molecule has 0 unspecified atom stereocenters. The Morgan fingerprint density at radius 2 is 2.13 bits per heavy atom. The molecule has 0 bridgehead atoms. The Kier molecular flexibility index (Phi) is 2.50. The summed E-state index contributed by atoms with van der Waals surface area (Å²) >= 11 is 0. The molecule has 1 aromatic rings. The molecule has 1 aliphatic rings.